The van der Waals surface area contributed by atoms with Gasteiger partial charge in [0.2, 0.25) is 0 Å². The molecule has 234 valence electrons. The summed E-state index contributed by atoms with van der Waals surface area (Å²) in [6, 6.07) is 8.39. The molecule has 2 aromatic carbocycles. The van der Waals surface area contributed by atoms with Gasteiger partial charge in [-0.3, -0.25) is 9.59 Å². The molecule has 0 saturated carbocycles. The molecule has 0 heterocycles. The zero-order chi connectivity index (χ0) is 32.8. The van der Waals surface area contributed by atoms with E-state index in [1.165, 1.54) is 6.92 Å². The maximum Gasteiger partial charge on any atom is 0.325 e. The molecule has 2 rings (SSSR count). The van der Waals surface area contributed by atoms with E-state index in [1.54, 1.807) is 23.5 Å². The molecule has 5 nitrogen and oxygen atoms in total. The molecule has 0 saturated heterocycles. The van der Waals surface area contributed by atoms with E-state index in [1.807, 2.05) is 0 Å². The number of hydrogen-bond acceptors (Lipinski definition) is 6. The van der Waals surface area contributed by atoms with Crippen molar-refractivity contribution < 1.29 is 24.5 Å². The molecule has 0 bridgehead atoms. The van der Waals surface area contributed by atoms with Gasteiger partial charge in [0, 0.05) is 32.0 Å². The zero-order valence-electron chi connectivity index (χ0n) is 28.3. The quantitative estimate of drug-likeness (QED) is 0.105. The lowest BCUT2D eigenvalue weighted by atomic mass is 9.79. The average Bonchev–Trinajstić information content (AvgIpc) is 2.76. The molecular weight excluding hydrogens is 565 g/mol. The zero-order valence-corrected chi connectivity index (χ0v) is 30.0. The van der Waals surface area contributed by atoms with E-state index in [2.05, 4.69) is 121 Å². The summed E-state index contributed by atoms with van der Waals surface area (Å²) in [5, 5.41) is 20.6. The predicted molar refractivity (Wildman–Crippen MR) is 178 cm³/mol. The Kier molecular flexibility index (Phi) is 10.4. The van der Waals surface area contributed by atoms with Gasteiger partial charge in [-0.25, -0.2) is 0 Å². The van der Waals surface area contributed by atoms with E-state index in [-0.39, 0.29) is 25.7 Å². The highest BCUT2D eigenvalue weighted by molar-refractivity contribution is 8.18. The second kappa shape index (κ2) is 12.1. The van der Waals surface area contributed by atoms with Crippen molar-refractivity contribution in [3.8, 4) is 11.5 Å². The summed E-state index contributed by atoms with van der Waals surface area (Å²) in [6.45, 7) is 30.9. The van der Waals surface area contributed by atoms with Gasteiger partial charge >= 0.3 is 11.9 Å². The van der Waals surface area contributed by atoms with Crippen LogP contribution in [0.4, 0.5) is 0 Å². The minimum absolute atomic E-state index is 0.216. The van der Waals surface area contributed by atoms with Crippen molar-refractivity contribution in [2.75, 3.05) is 0 Å². The maximum absolute atomic E-state index is 12.8. The highest BCUT2D eigenvalue weighted by Crippen LogP contribution is 2.51. The molecule has 0 aromatic heterocycles. The number of esters is 1. The second-order valence-corrected chi connectivity index (χ2v) is 19.5. The van der Waals surface area contributed by atoms with Gasteiger partial charge in [0.1, 0.15) is 11.5 Å². The van der Waals surface area contributed by atoms with Crippen LogP contribution in [0.1, 0.15) is 126 Å². The van der Waals surface area contributed by atoms with Gasteiger partial charge in [0.15, 0.2) is 5.92 Å². The highest BCUT2D eigenvalue weighted by atomic mass is 32.2. The number of carbonyl (C=O) groups excluding carboxylic acids is 1. The SMILES string of the molecule is CC(C(=O)O)C(=O)Oc1c(C(C)(C)C)cc(SC(C)(C)Sc2cc(C(C)(C)C)c(O)c(C(C)(C)C)c2)cc1C(C)(C)C. The third-order valence-corrected chi connectivity index (χ3v) is 9.46. The first-order valence-corrected chi connectivity index (χ1v) is 16.2. The number of hydrogen-bond donors (Lipinski definition) is 2. The monoisotopic (exact) mass is 616 g/mol. The van der Waals surface area contributed by atoms with Crippen LogP contribution in [-0.2, 0) is 31.2 Å². The fraction of sp³-hybridized carbons (Fsp3) is 0.600. The van der Waals surface area contributed by atoms with Crippen molar-refractivity contribution in [3.05, 3.63) is 46.5 Å². The normalized spacial score (nSPS) is 14.1. The molecule has 0 aliphatic heterocycles. The van der Waals surface area contributed by atoms with Crippen LogP contribution in [0, 0.1) is 5.92 Å². The summed E-state index contributed by atoms with van der Waals surface area (Å²) < 4.78 is 5.59. The average molecular weight is 617 g/mol. The van der Waals surface area contributed by atoms with Crippen molar-refractivity contribution in [2.24, 2.45) is 5.92 Å². The lowest BCUT2D eigenvalue weighted by Gasteiger charge is -2.32. The lowest BCUT2D eigenvalue weighted by Crippen LogP contribution is -2.28. The summed E-state index contributed by atoms with van der Waals surface area (Å²) in [4.78, 5) is 26.5. The molecule has 0 fully saturated rings. The molecule has 7 heteroatoms. The van der Waals surface area contributed by atoms with Gasteiger partial charge < -0.3 is 14.9 Å². The Morgan fingerprint density at radius 3 is 1.24 bits per heavy atom. The number of aliphatic carboxylic acids is 1. The first kappa shape index (κ1) is 36.1. The topological polar surface area (TPSA) is 83.8 Å². The molecule has 0 spiro atoms. The molecule has 2 aromatic rings. The minimum atomic E-state index is -1.27. The van der Waals surface area contributed by atoms with Crippen LogP contribution in [0.3, 0.4) is 0 Å². The highest BCUT2D eigenvalue weighted by Gasteiger charge is 2.34. The number of aromatic hydroxyl groups is 1. The number of carbonyl (C=O) groups is 2. The first-order valence-electron chi connectivity index (χ1n) is 14.5. The largest absolute Gasteiger partial charge is 0.507 e. The van der Waals surface area contributed by atoms with Gasteiger partial charge in [0.05, 0.1) is 4.08 Å². The van der Waals surface area contributed by atoms with Crippen LogP contribution in [0.15, 0.2) is 34.1 Å². The third kappa shape index (κ3) is 8.95. The Balaban J connectivity index is 2.66. The molecule has 2 N–H and O–H groups in total. The van der Waals surface area contributed by atoms with Crippen molar-refractivity contribution >= 4 is 35.5 Å². The van der Waals surface area contributed by atoms with E-state index in [0.717, 1.165) is 32.0 Å². The number of carboxylic acid groups (broad SMARTS) is 1. The summed E-state index contributed by atoms with van der Waals surface area (Å²) in [6.07, 6.45) is 0. The van der Waals surface area contributed by atoms with Crippen LogP contribution in [0.2, 0.25) is 0 Å². The molecule has 42 heavy (non-hydrogen) atoms. The van der Waals surface area contributed by atoms with Crippen LogP contribution >= 0.6 is 23.5 Å². The summed E-state index contributed by atoms with van der Waals surface area (Å²) in [5.41, 5.74) is 2.43. The molecule has 1 unspecified atom stereocenters. The van der Waals surface area contributed by atoms with Crippen LogP contribution in [-0.4, -0.2) is 26.2 Å². The maximum atomic E-state index is 12.8. The Morgan fingerprint density at radius 1 is 0.643 bits per heavy atom. The van der Waals surface area contributed by atoms with E-state index in [0.29, 0.717) is 11.5 Å². The Bertz CT molecular complexity index is 1260. The van der Waals surface area contributed by atoms with E-state index < -0.39 is 17.9 Å². The number of ether oxygens (including phenoxy) is 1. The van der Waals surface area contributed by atoms with Crippen molar-refractivity contribution in [1.82, 2.24) is 0 Å². The molecule has 0 radical (unpaired) electrons. The smallest absolute Gasteiger partial charge is 0.325 e. The third-order valence-electron chi connectivity index (χ3n) is 7.03. The summed E-state index contributed by atoms with van der Waals surface area (Å²) in [7, 11) is 0. The molecule has 0 aliphatic carbocycles. The number of phenolic OH excluding ortho intramolecular Hbond substituents is 1. The first-order chi connectivity index (χ1) is 18.6. The number of benzene rings is 2. The standard InChI is InChI=1S/C35H52O5S2/c1-20(29(37)38)30(39)40-28-25(33(8,9)10)18-22(19-26(28)34(11,12)13)42-35(14,15)41-21-16-23(31(2,3)4)27(36)24(17-21)32(5,6)7/h16-20,36H,1-15H3,(H,37,38). The second-order valence-electron chi connectivity index (χ2n) is 15.8. The fourth-order valence-corrected chi connectivity index (χ4v) is 7.16. The molecular formula is C35H52O5S2. The van der Waals surface area contributed by atoms with E-state index in [9.17, 15) is 19.8 Å². The molecule has 0 amide bonds. The van der Waals surface area contributed by atoms with E-state index >= 15 is 0 Å². The van der Waals surface area contributed by atoms with Gasteiger partial charge in [-0.15, -0.1) is 23.5 Å². The predicted octanol–water partition coefficient (Wildman–Crippen LogP) is 9.83. The lowest BCUT2D eigenvalue weighted by molar-refractivity contribution is -0.152. The molecule has 1 atom stereocenters. The van der Waals surface area contributed by atoms with E-state index in [4.69, 9.17) is 4.74 Å². The van der Waals surface area contributed by atoms with Crippen LogP contribution < -0.4 is 4.74 Å². The number of phenols is 1. The Morgan fingerprint density at radius 2 is 0.952 bits per heavy atom. The fourth-order valence-electron chi connectivity index (χ4n) is 4.57. The summed E-state index contributed by atoms with van der Waals surface area (Å²) >= 11 is 3.50. The summed E-state index contributed by atoms with van der Waals surface area (Å²) in [5.74, 6) is -2.43. The number of thioether (sulfide) groups is 2. The minimum Gasteiger partial charge on any atom is -0.507 e. The van der Waals surface area contributed by atoms with Gasteiger partial charge in [-0.1, -0.05) is 83.1 Å². The molecule has 0 aliphatic rings. The number of rotatable bonds is 7. The van der Waals surface area contributed by atoms with Crippen molar-refractivity contribution in [1.29, 1.82) is 0 Å². The van der Waals surface area contributed by atoms with Crippen molar-refractivity contribution in [3.63, 3.8) is 0 Å². The van der Waals surface area contributed by atoms with Crippen LogP contribution in [0.5, 0.6) is 11.5 Å². The van der Waals surface area contributed by atoms with Gasteiger partial charge in [-0.2, -0.15) is 0 Å². The Hall–Kier alpha value is -2.12. The Labute approximate surface area is 262 Å². The van der Waals surface area contributed by atoms with Crippen molar-refractivity contribution in [2.45, 2.75) is 139 Å². The van der Waals surface area contributed by atoms with Crippen LogP contribution in [0.25, 0.3) is 0 Å². The van der Waals surface area contributed by atoms with Gasteiger partial charge in [0.25, 0.3) is 0 Å². The van der Waals surface area contributed by atoms with Gasteiger partial charge in [-0.05, 0) is 66.7 Å². The number of carboxylic acids is 1.